The number of aliphatic hydroxyl groups excluding tert-OH is 2. The largest absolute Gasteiger partial charge is 0.425 e. The second-order valence-electron chi connectivity index (χ2n) is 10.5. The third-order valence-corrected chi connectivity index (χ3v) is 9.64. The molecule has 3 N–H and O–H groups in total. The minimum atomic E-state index is -4.50. The molecule has 0 radical (unpaired) electrons. The number of likely N-dealkylation sites (tertiary alicyclic amines) is 1. The van der Waals surface area contributed by atoms with Crippen LogP contribution in [0.2, 0.25) is 0 Å². The monoisotopic (exact) mass is 545 g/mol. The highest BCUT2D eigenvalue weighted by Gasteiger charge is 2.48. The van der Waals surface area contributed by atoms with Gasteiger partial charge in [0.1, 0.15) is 16.6 Å². The molecule has 0 bridgehead atoms. The summed E-state index contributed by atoms with van der Waals surface area (Å²) in [6, 6.07) is 0.0469. The minimum absolute atomic E-state index is 0.00488. The molecule has 2 fully saturated rings. The number of aliphatic hydroxyl groups is 3. The van der Waals surface area contributed by atoms with Crippen LogP contribution < -0.4 is 0 Å². The number of halogens is 3. The van der Waals surface area contributed by atoms with Crippen LogP contribution in [0.25, 0.3) is 0 Å². The molecule has 206 valence electrons. The quantitative estimate of drug-likeness (QED) is 0.513. The SMILES string of the molecule is C[C@H]1C[C@@]2(CCN1Cc1cnn(CC(O)C3(O)CCOCC3)c1)OCCc1c2sc(C(F)(F)F)c1CO. The van der Waals surface area contributed by atoms with Gasteiger partial charge in [-0.3, -0.25) is 9.58 Å². The maximum atomic E-state index is 13.7. The lowest BCUT2D eigenvalue weighted by atomic mass is 9.81. The van der Waals surface area contributed by atoms with Crippen LogP contribution in [0.3, 0.4) is 0 Å². The van der Waals surface area contributed by atoms with Gasteiger partial charge in [0, 0.05) is 67.4 Å². The Hall–Kier alpha value is -1.54. The van der Waals surface area contributed by atoms with Crippen molar-refractivity contribution in [2.75, 3.05) is 26.4 Å². The van der Waals surface area contributed by atoms with Gasteiger partial charge in [0.25, 0.3) is 0 Å². The molecule has 3 atom stereocenters. The average Bonchev–Trinajstić information content (AvgIpc) is 3.46. The fourth-order valence-corrected chi connectivity index (χ4v) is 7.40. The lowest BCUT2D eigenvalue weighted by Gasteiger charge is -2.47. The molecule has 3 aliphatic heterocycles. The number of ether oxygens (including phenoxy) is 2. The topological polar surface area (TPSA) is 100 Å². The van der Waals surface area contributed by atoms with E-state index < -0.39 is 35.0 Å². The van der Waals surface area contributed by atoms with E-state index >= 15 is 0 Å². The van der Waals surface area contributed by atoms with Crippen molar-refractivity contribution in [3.8, 4) is 0 Å². The Morgan fingerprint density at radius 1 is 1.24 bits per heavy atom. The molecule has 2 saturated heterocycles. The molecule has 0 amide bonds. The van der Waals surface area contributed by atoms with E-state index in [4.69, 9.17) is 9.47 Å². The first-order chi connectivity index (χ1) is 17.5. The number of fused-ring (bicyclic) bond motifs is 2. The molecule has 8 nitrogen and oxygen atoms in total. The summed E-state index contributed by atoms with van der Waals surface area (Å²) in [5.41, 5.74) is -0.377. The fourth-order valence-electron chi connectivity index (χ4n) is 5.99. The van der Waals surface area contributed by atoms with Gasteiger partial charge < -0.3 is 24.8 Å². The third kappa shape index (κ3) is 5.21. The van der Waals surface area contributed by atoms with E-state index in [1.54, 1.807) is 10.9 Å². The molecule has 5 rings (SSSR count). The van der Waals surface area contributed by atoms with Crippen LogP contribution in [-0.2, 0) is 47.4 Å². The van der Waals surface area contributed by atoms with Gasteiger partial charge >= 0.3 is 6.18 Å². The Balaban J connectivity index is 1.26. The molecule has 0 saturated carbocycles. The van der Waals surface area contributed by atoms with E-state index in [0.717, 1.165) is 16.9 Å². The zero-order valence-electron chi connectivity index (χ0n) is 20.8. The van der Waals surface area contributed by atoms with Crippen molar-refractivity contribution >= 4 is 11.3 Å². The van der Waals surface area contributed by atoms with Gasteiger partial charge in [0.2, 0.25) is 0 Å². The lowest BCUT2D eigenvalue weighted by Crippen LogP contribution is -2.50. The predicted molar refractivity (Wildman–Crippen MR) is 129 cm³/mol. The van der Waals surface area contributed by atoms with E-state index in [1.807, 2.05) is 6.20 Å². The van der Waals surface area contributed by atoms with Gasteiger partial charge in [-0.1, -0.05) is 0 Å². The maximum absolute atomic E-state index is 13.7. The van der Waals surface area contributed by atoms with Crippen molar-refractivity contribution in [2.45, 2.75) is 88.2 Å². The number of aromatic nitrogens is 2. The van der Waals surface area contributed by atoms with Crippen LogP contribution in [-0.4, -0.2) is 74.1 Å². The summed E-state index contributed by atoms with van der Waals surface area (Å²) in [4.78, 5) is 2.17. The highest BCUT2D eigenvalue weighted by molar-refractivity contribution is 7.12. The summed E-state index contributed by atoms with van der Waals surface area (Å²) < 4.78 is 54.1. The van der Waals surface area contributed by atoms with Crippen molar-refractivity contribution in [1.82, 2.24) is 14.7 Å². The average molecular weight is 546 g/mol. The standard InChI is InChI=1S/C25H34F3N3O5S/c1-16-10-24(21-18(2-7-36-24)19(15-32)22(37-21)25(26,27)28)3-6-30(16)12-17-11-29-31(13-17)14-20(33)23(34)4-8-35-9-5-23/h11,13,16,20,32-34H,2-10,12,14-15H2,1H3/t16-,20?,24+/m0/s1. The zero-order chi connectivity index (χ0) is 26.4. The predicted octanol–water partition coefficient (Wildman–Crippen LogP) is 2.81. The lowest BCUT2D eigenvalue weighted by molar-refractivity contribution is -0.136. The van der Waals surface area contributed by atoms with E-state index in [0.29, 0.717) is 75.5 Å². The van der Waals surface area contributed by atoms with E-state index in [1.165, 1.54) is 0 Å². The molecule has 0 aliphatic carbocycles. The Labute approximate surface area is 217 Å². The number of nitrogens with zero attached hydrogens (tertiary/aromatic N) is 3. The Morgan fingerprint density at radius 2 is 2.00 bits per heavy atom. The first kappa shape index (κ1) is 27.0. The molecule has 2 aromatic rings. The Morgan fingerprint density at radius 3 is 2.68 bits per heavy atom. The van der Waals surface area contributed by atoms with Crippen molar-refractivity contribution < 1.29 is 38.0 Å². The van der Waals surface area contributed by atoms with E-state index in [-0.39, 0.29) is 18.2 Å². The maximum Gasteiger partial charge on any atom is 0.425 e. The number of alkyl halides is 3. The van der Waals surface area contributed by atoms with Gasteiger partial charge in [0.05, 0.1) is 31.6 Å². The second kappa shape index (κ2) is 10.2. The number of hydrogen-bond acceptors (Lipinski definition) is 8. The summed E-state index contributed by atoms with van der Waals surface area (Å²) in [7, 11) is 0. The van der Waals surface area contributed by atoms with Crippen molar-refractivity contribution in [3.05, 3.63) is 38.8 Å². The summed E-state index contributed by atoms with van der Waals surface area (Å²) >= 11 is 0.733. The zero-order valence-corrected chi connectivity index (χ0v) is 21.7. The van der Waals surface area contributed by atoms with E-state index in [9.17, 15) is 28.5 Å². The van der Waals surface area contributed by atoms with Crippen LogP contribution in [0.1, 0.15) is 59.1 Å². The number of piperidine rings is 1. The molecule has 1 spiro atoms. The van der Waals surface area contributed by atoms with Crippen molar-refractivity contribution in [1.29, 1.82) is 0 Å². The minimum Gasteiger partial charge on any atom is -0.392 e. The molecule has 2 aromatic heterocycles. The van der Waals surface area contributed by atoms with Crippen LogP contribution in [0.4, 0.5) is 13.2 Å². The fraction of sp³-hybridized carbons (Fsp3) is 0.720. The molecule has 37 heavy (non-hydrogen) atoms. The normalized spacial score (nSPS) is 27.4. The number of thiophene rings is 1. The molecule has 3 aliphatic rings. The molecule has 0 aromatic carbocycles. The molecule has 12 heteroatoms. The molecule has 5 heterocycles. The van der Waals surface area contributed by atoms with E-state index in [2.05, 4.69) is 16.9 Å². The highest BCUT2D eigenvalue weighted by Crippen LogP contribution is 2.51. The van der Waals surface area contributed by atoms with Crippen LogP contribution in [0.15, 0.2) is 12.4 Å². The van der Waals surface area contributed by atoms with Crippen LogP contribution >= 0.6 is 11.3 Å². The summed E-state index contributed by atoms with van der Waals surface area (Å²) in [5, 5.41) is 35.4. The Bertz CT molecular complexity index is 1100. The third-order valence-electron chi connectivity index (χ3n) is 8.14. The first-order valence-electron chi connectivity index (χ1n) is 12.8. The summed E-state index contributed by atoms with van der Waals surface area (Å²) in [6.45, 7) is 4.04. The van der Waals surface area contributed by atoms with Crippen molar-refractivity contribution in [3.63, 3.8) is 0 Å². The van der Waals surface area contributed by atoms with Gasteiger partial charge in [-0.05, 0) is 31.7 Å². The first-order valence-corrected chi connectivity index (χ1v) is 13.6. The molecular formula is C25H34F3N3O5S. The molecular weight excluding hydrogens is 511 g/mol. The smallest absolute Gasteiger partial charge is 0.392 e. The van der Waals surface area contributed by atoms with Gasteiger partial charge in [0.15, 0.2) is 0 Å². The highest BCUT2D eigenvalue weighted by atomic mass is 32.1. The van der Waals surface area contributed by atoms with Crippen molar-refractivity contribution in [2.24, 2.45) is 0 Å². The van der Waals surface area contributed by atoms with Gasteiger partial charge in [-0.2, -0.15) is 18.3 Å². The van der Waals surface area contributed by atoms with Crippen LogP contribution in [0, 0.1) is 0 Å². The summed E-state index contributed by atoms with van der Waals surface area (Å²) in [5.74, 6) is 0. The second-order valence-corrected chi connectivity index (χ2v) is 11.6. The van der Waals surface area contributed by atoms with Gasteiger partial charge in [-0.15, -0.1) is 11.3 Å². The number of rotatable bonds is 6. The van der Waals surface area contributed by atoms with Gasteiger partial charge in [-0.25, -0.2) is 0 Å². The Kier molecular flexibility index (Phi) is 7.47. The van der Waals surface area contributed by atoms with Crippen LogP contribution in [0.5, 0.6) is 0 Å². The number of hydrogen-bond donors (Lipinski definition) is 3. The summed E-state index contributed by atoms with van der Waals surface area (Å²) in [6.07, 6.45) is 0.426. The molecule has 1 unspecified atom stereocenters.